The largest absolute Gasteiger partial charge is 0.380 e. The smallest absolute Gasteiger partial charge is 0.0991 e. The van der Waals surface area contributed by atoms with Gasteiger partial charge in [0, 0.05) is 17.1 Å². The molecule has 0 radical (unpaired) electrons. The van der Waals surface area contributed by atoms with Crippen LogP contribution in [0.15, 0.2) is 53.4 Å². The van der Waals surface area contributed by atoms with Crippen LogP contribution in [0.2, 0.25) is 0 Å². The Morgan fingerprint density at radius 2 is 1.84 bits per heavy atom. The highest BCUT2D eigenvalue weighted by Crippen LogP contribution is 2.26. The van der Waals surface area contributed by atoms with Gasteiger partial charge in [0.05, 0.1) is 11.6 Å². The van der Waals surface area contributed by atoms with Gasteiger partial charge in [0.25, 0.3) is 0 Å². The molecule has 96 valence electrons. The molecular weight excluding hydrogens is 252 g/mol. The Morgan fingerprint density at radius 1 is 1.11 bits per heavy atom. The van der Waals surface area contributed by atoms with Crippen LogP contribution in [0.5, 0.6) is 0 Å². The zero-order chi connectivity index (χ0) is 13.5. The van der Waals surface area contributed by atoms with E-state index in [9.17, 15) is 0 Å². The topological polar surface area (TPSA) is 35.8 Å². The van der Waals surface area contributed by atoms with Crippen LogP contribution in [0.4, 0.5) is 5.69 Å². The summed E-state index contributed by atoms with van der Waals surface area (Å²) < 4.78 is 0. The zero-order valence-corrected chi connectivity index (χ0v) is 11.7. The normalized spacial score (nSPS) is 9.89. The van der Waals surface area contributed by atoms with E-state index in [2.05, 4.69) is 36.5 Å². The van der Waals surface area contributed by atoms with Crippen molar-refractivity contribution in [3.05, 3.63) is 59.7 Å². The van der Waals surface area contributed by atoms with Crippen molar-refractivity contribution in [1.82, 2.24) is 0 Å². The summed E-state index contributed by atoms with van der Waals surface area (Å²) >= 11 is 1.84. The Balaban J connectivity index is 2.03. The quantitative estimate of drug-likeness (QED) is 0.822. The Kier molecular flexibility index (Phi) is 4.88. The molecule has 2 nitrogen and oxygen atoms in total. The van der Waals surface area contributed by atoms with Crippen molar-refractivity contribution in [2.24, 2.45) is 0 Å². The number of thioether (sulfide) groups is 1. The molecule has 2 rings (SSSR count). The van der Waals surface area contributed by atoms with Gasteiger partial charge in [0.15, 0.2) is 0 Å². The standard InChI is InChI=1S/C16H16N2S/c1-2-19-16-6-4-3-5-15(16)18-12-14-9-7-13(11-17)8-10-14/h3-10,18H,2,12H2,1H3. The molecule has 0 saturated carbocycles. The second-order valence-electron chi connectivity index (χ2n) is 4.09. The summed E-state index contributed by atoms with van der Waals surface area (Å²) in [5.41, 5.74) is 3.04. The first-order valence-electron chi connectivity index (χ1n) is 6.28. The first-order valence-corrected chi connectivity index (χ1v) is 7.26. The average Bonchev–Trinajstić information content (AvgIpc) is 2.47. The monoisotopic (exact) mass is 268 g/mol. The minimum Gasteiger partial charge on any atom is -0.380 e. The Labute approximate surface area is 118 Å². The minimum atomic E-state index is 0.700. The van der Waals surface area contributed by atoms with Gasteiger partial charge in [-0.15, -0.1) is 11.8 Å². The first-order chi connectivity index (χ1) is 9.33. The van der Waals surface area contributed by atoms with E-state index in [-0.39, 0.29) is 0 Å². The highest BCUT2D eigenvalue weighted by Gasteiger charge is 2.01. The fourth-order valence-electron chi connectivity index (χ4n) is 1.79. The molecule has 0 spiro atoms. The van der Waals surface area contributed by atoms with Gasteiger partial charge in [-0.05, 0) is 35.6 Å². The van der Waals surface area contributed by atoms with E-state index in [0.717, 1.165) is 12.3 Å². The SMILES string of the molecule is CCSc1ccccc1NCc1ccc(C#N)cc1. The van der Waals surface area contributed by atoms with Crippen LogP contribution in [0.25, 0.3) is 0 Å². The fourth-order valence-corrected chi connectivity index (χ4v) is 2.57. The lowest BCUT2D eigenvalue weighted by atomic mass is 10.1. The van der Waals surface area contributed by atoms with Crippen LogP contribution in [-0.4, -0.2) is 5.75 Å². The van der Waals surface area contributed by atoms with Crippen molar-refractivity contribution in [2.75, 3.05) is 11.1 Å². The third kappa shape index (κ3) is 3.77. The molecule has 0 amide bonds. The molecule has 0 heterocycles. The van der Waals surface area contributed by atoms with E-state index < -0.39 is 0 Å². The summed E-state index contributed by atoms with van der Waals surface area (Å²) in [6.45, 7) is 2.93. The third-order valence-electron chi connectivity index (χ3n) is 2.75. The van der Waals surface area contributed by atoms with E-state index in [4.69, 9.17) is 5.26 Å². The van der Waals surface area contributed by atoms with Gasteiger partial charge in [0.2, 0.25) is 0 Å². The molecule has 0 aromatic heterocycles. The second kappa shape index (κ2) is 6.86. The van der Waals surface area contributed by atoms with Crippen LogP contribution < -0.4 is 5.32 Å². The molecule has 0 saturated heterocycles. The lowest BCUT2D eigenvalue weighted by Gasteiger charge is -2.11. The van der Waals surface area contributed by atoms with Crippen LogP contribution in [0.3, 0.4) is 0 Å². The van der Waals surface area contributed by atoms with Crippen LogP contribution >= 0.6 is 11.8 Å². The van der Waals surface area contributed by atoms with Gasteiger partial charge in [0.1, 0.15) is 0 Å². The molecule has 0 aliphatic carbocycles. The van der Waals surface area contributed by atoms with E-state index in [1.54, 1.807) is 0 Å². The van der Waals surface area contributed by atoms with E-state index >= 15 is 0 Å². The predicted octanol–water partition coefficient (Wildman–Crippen LogP) is 4.28. The van der Waals surface area contributed by atoms with E-state index in [1.807, 2.05) is 42.1 Å². The molecule has 0 atom stereocenters. The van der Waals surface area contributed by atoms with E-state index in [1.165, 1.54) is 16.1 Å². The van der Waals surface area contributed by atoms with Gasteiger partial charge in [-0.3, -0.25) is 0 Å². The van der Waals surface area contributed by atoms with Gasteiger partial charge in [-0.25, -0.2) is 0 Å². The highest BCUT2D eigenvalue weighted by molar-refractivity contribution is 7.99. The molecule has 2 aromatic rings. The molecule has 0 aliphatic rings. The van der Waals surface area contributed by atoms with Crippen molar-refractivity contribution >= 4 is 17.4 Å². The summed E-state index contributed by atoms with van der Waals surface area (Å²) in [6, 6.07) is 18.1. The van der Waals surface area contributed by atoms with E-state index in [0.29, 0.717) is 5.56 Å². The Morgan fingerprint density at radius 3 is 2.53 bits per heavy atom. The number of anilines is 1. The molecule has 3 heteroatoms. The third-order valence-corrected chi connectivity index (χ3v) is 3.71. The van der Waals surface area contributed by atoms with Gasteiger partial charge in [-0.1, -0.05) is 31.2 Å². The molecule has 0 fully saturated rings. The lowest BCUT2D eigenvalue weighted by Crippen LogP contribution is -2.00. The molecule has 1 N–H and O–H groups in total. The number of nitrogens with one attached hydrogen (secondary N) is 1. The summed E-state index contributed by atoms with van der Waals surface area (Å²) in [5, 5.41) is 12.2. The van der Waals surface area contributed by atoms with Crippen molar-refractivity contribution in [1.29, 1.82) is 5.26 Å². The van der Waals surface area contributed by atoms with Crippen molar-refractivity contribution in [3.8, 4) is 6.07 Å². The number of benzene rings is 2. The van der Waals surface area contributed by atoms with Gasteiger partial charge < -0.3 is 5.32 Å². The second-order valence-corrected chi connectivity index (χ2v) is 5.40. The van der Waals surface area contributed by atoms with Gasteiger partial charge in [-0.2, -0.15) is 5.26 Å². The highest BCUT2D eigenvalue weighted by atomic mass is 32.2. The maximum atomic E-state index is 8.76. The number of hydrogen-bond acceptors (Lipinski definition) is 3. The Bertz CT molecular complexity index is 570. The van der Waals surface area contributed by atoms with Crippen LogP contribution in [0.1, 0.15) is 18.1 Å². The predicted molar refractivity (Wildman–Crippen MR) is 81.3 cm³/mol. The fraction of sp³-hybridized carbons (Fsp3) is 0.188. The van der Waals surface area contributed by atoms with Crippen molar-refractivity contribution in [2.45, 2.75) is 18.4 Å². The summed E-state index contributed by atoms with van der Waals surface area (Å²) in [4.78, 5) is 1.28. The van der Waals surface area contributed by atoms with Gasteiger partial charge >= 0.3 is 0 Å². The summed E-state index contributed by atoms with van der Waals surface area (Å²) in [5.74, 6) is 1.07. The molecule has 0 unspecified atom stereocenters. The zero-order valence-electron chi connectivity index (χ0n) is 10.9. The molecule has 2 aromatic carbocycles. The molecule has 0 aliphatic heterocycles. The molecule has 0 bridgehead atoms. The number of nitrogens with zero attached hydrogens (tertiary/aromatic N) is 1. The Hall–Kier alpha value is -1.92. The van der Waals surface area contributed by atoms with Crippen molar-refractivity contribution in [3.63, 3.8) is 0 Å². The lowest BCUT2D eigenvalue weighted by molar-refractivity contribution is 1.13. The number of hydrogen-bond donors (Lipinski definition) is 1. The van der Waals surface area contributed by atoms with Crippen molar-refractivity contribution < 1.29 is 0 Å². The maximum Gasteiger partial charge on any atom is 0.0991 e. The maximum absolute atomic E-state index is 8.76. The first kappa shape index (κ1) is 13.5. The number of nitriles is 1. The van der Waals surface area contributed by atoms with Crippen LogP contribution in [-0.2, 0) is 6.54 Å². The minimum absolute atomic E-state index is 0.700. The van der Waals surface area contributed by atoms with Crippen LogP contribution in [0, 0.1) is 11.3 Å². The summed E-state index contributed by atoms with van der Waals surface area (Å²) in [6.07, 6.45) is 0. The molecular formula is C16H16N2S. The number of rotatable bonds is 5. The number of para-hydroxylation sites is 1. The summed E-state index contributed by atoms with van der Waals surface area (Å²) in [7, 11) is 0. The average molecular weight is 268 g/mol. The molecule has 19 heavy (non-hydrogen) atoms.